The van der Waals surface area contributed by atoms with Crippen molar-refractivity contribution in [2.24, 2.45) is 5.92 Å². The molecule has 1 saturated heterocycles. The number of amides is 2. The van der Waals surface area contributed by atoms with Crippen molar-refractivity contribution in [2.75, 3.05) is 30.6 Å². The minimum Gasteiger partial charge on any atom is -0.495 e. The molecular formula is C26H23FN4O4S. The van der Waals surface area contributed by atoms with Gasteiger partial charge in [-0.05, 0) is 48.0 Å². The molecule has 0 spiro atoms. The van der Waals surface area contributed by atoms with Crippen molar-refractivity contribution in [1.82, 2.24) is 9.97 Å². The van der Waals surface area contributed by atoms with E-state index in [0.717, 1.165) is 10.3 Å². The molecule has 0 saturated carbocycles. The summed E-state index contributed by atoms with van der Waals surface area (Å²) in [6.45, 7) is 0.433. The molecule has 0 aliphatic carbocycles. The van der Waals surface area contributed by atoms with E-state index < -0.39 is 5.92 Å². The van der Waals surface area contributed by atoms with Gasteiger partial charge >= 0.3 is 0 Å². The van der Waals surface area contributed by atoms with Crippen LogP contribution in [0.15, 0.2) is 60.9 Å². The molecule has 36 heavy (non-hydrogen) atoms. The Labute approximate surface area is 210 Å². The number of carbonyl (C=O) groups excluding carboxylic acids is 2. The van der Waals surface area contributed by atoms with Gasteiger partial charge in [0, 0.05) is 31.0 Å². The molecule has 1 atom stereocenters. The maximum absolute atomic E-state index is 13.9. The lowest BCUT2D eigenvalue weighted by atomic mass is 10.1. The topological polar surface area (TPSA) is 84.9 Å². The second-order valence-corrected chi connectivity index (χ2v) is 9.29. The van der Waals surface area contributed by atoms with Gasteiger partial charge in [-0.2, -0.15) is 0 Å². The van der Waals surface area contributed by atoms with E-state index >= 15 is 0 Å². The summed E-state index contributed by atoms with van der Waals surface area (Å²) in [6.07, 6.45) is 3.41. The molecule has 4 aromatic rings. The highest BCUT2D eigenvalue weighted by Crippen LogP contribution is 2.41. The molecule has 1 fully saturated rings. The molecule has 1 aliphatic rings. The first-order valence-corrected chi connectivity index (χ1v) is 12.1. The second kappa shape index (κ2) is 9.90. The number of carbonyl (C=O) groups is 2. The number of hydrogen-bond acceptors (Lipinski definition) is 7. The minimum absolute atomic E-state index is 0.0529. The molecule has 2 aromatic carbocycles. The normalized spacial score (nSPS) is 15.4. The number of methoxy groups -OCH3 is 2. The summed E-state index contributed by atoms with van der Waals surface area (Å²) >= 11 is 1.32. The predicted octanol–water partition coefficient (Wildman–Crippen LogP) is 4.43. The lowest BCUT2D eigenvalue weighted by Gasteiger charge is -2.23. The van der Waals surface area contributed by atoms with Crippen LogP contribution in [0.25, 0.3) is 10.2 Å². The fourth-order valence-electron chi connectivity index (χ4n) is 4.27. The fraction of sp³-hybridized carbons (Fsp3) is 0.231. The SMILES string of the molecule is COc1ccc(OC)c2sc(N(Cc3cccnc3)C(=O)C3CC(=O)N(c4ccc(F)cc4)C3)nc12. The van der Waals surface area contributed by atoms with E-state index in [-0.39, 0.29) is 37.1 Å². The van der Waals surface area contributed by atoms with Crippen LogP contribution in [0.3, 0.4) is 0 Å². The first-order chi connectivity index (χ1) is 17.5. The Bertz CT molecular complexity index is 1370. The van der Waals surface area contributed by atoms with Crippen LogP contribution < -0.4 is 19.3 Å². The van der Waals surface area contributed by atoms with Gasteiger partial charge in [0.05, 0.1) is 26.7 Å². The monoisotopic (exact) mass is 506 g/mol. The largest absolute Gasteiger partial charge is 0.495 e. The van der Waals surface area contributed by atoms with E-state index in [1.807, 2.05) is 6.07 Å². The number of hydrogen-bond donors (Lipinski definition) is 0. The Hall–Kier alpha value is -4.05. The van der Waals surface area contributed by atoms with E-state index in [1.54, 1.807) is 61.8 Å². The third-order valence-electron chi connectivity index (χ3n) is 6.07. The van der Waals surface area contributed by atoms with E-state index in [1.165, 1.54) is 28.4 Å². The van der Waals surface area contributed by atoms with E-state index in [0.29, 0.717) is 27.8 Å². The molecule has 2 aromatic heterocycles. The number of anilines is 2. The standard InChI is InChI=1S/C26H23FN4O4S/c1-34-20-9-10-21(35-2)24-23(20)29-26(36-24)31(14-16-4-3-11-28-13-16)25(33)17-12-22(32)30(15-17)19-7-5-18(27)6-8-19/h3-11,13,17H,12,14-15H2,1-2H3. The Morgan fingerprint density at radius 1 is 1.14 bits per heavy atom. The summed E-state index contributed by atoms with van der Waals surface area (Å²) in [5.74, 6) is -0.192. The third kappa shape index (κ3) is 4.47. The summed E-state index contributed by atoms with van der Waals surface area (Å²) in [6, 6.07) is 12.9. The van der Waals surface area contributed by atoms with Crippen LogP contribution in [0.1, 0.15) is 12.0 Å². The first kappa shape index (κ1) is 23.7. The zero-order chi connectivity index (χ0) is 25.2. The van der Waals surface area contributed by atoms with Gasteiger partial charge in [0.15, 0.2) is 5.13 Å². The predicted molar refractivity (Wildman–Crippen MR) is 135 cm³/mol. The van der Waals surface area contributed by atoms with Crippen LogP contribution in [0.4, 0.5) is 15.2 Å². The lowest BCUT2D eigenvalue weighted by molar-refractivity contribution is -0.124. The highest BCUT2D eigenvalue weighted by atomic mass is 32.1. The van der Waals surface area contributed by atoms with E-state index in [2.05, 4.69) is 4.98 Å². The Morgan fingerprint density at radius 3 is 2.58 bits per heavy atom. The number of thiazole rings is 1. The number of fused-ring (bicyclic) bond motifs is 1. The average Bonchev–Trinajstić information content (AvgIpc) is 3.52. The van der Waals surface area contributed by atoms with Crippen molar-refractivity contribution in [1.29, 1.82) is 0 Å². The van der Waals surface area contributed by atoms with Crippen molar-refractivity contribution in [2.45, 2.75) is 13.0 Å². The summed E-state index contributed by atoms with van der Waals surface area (Å²) in [4.78, 5) is 38.7. The zero-order valence-electron chi connectivity index (χ0n) is 19.7. The number of ether oxygens (including phenoxy) is 2. The van der Waals surface area contributed by atoms with E-state index in [9.17, 15) is 14.0 Å². The molecule has 1 aliphatic heterocycles. The van der Waals surface area contributed by atoms with Crippen LogP contribution in [-0.2, 0) is 16.1 Å². The van der Waals surface area contributed by atoms with Crippen LogP contribution in [0.5, 0.6) is 11.5 Å². The smallest absolute Gasteiger partial charge is 0.234 e. The van der Waals surface area contributed by atoms with Gasteiger partial charge in [-0.1, -0.05) is 17.4 Å². The average molecular weight is 507 g/mol. The molecule has 0 N–H and O–H groups in total. The second-order valence-electron chi connectivity index (χ2n) is 8.31. The van der Waals surface area contributed by atoms with Gasteiger partial charge in [0.1, 0.15) is 27.5 Å². The fourth-order valence-corrected chi connectivity index (χ4v) is 5.35. The number of nitrogens with zero attached hydrogens (tertiary/aromatic N) is 4. The highest BCUT2D eigenvalue weighted by molar-refractivity contribution is 7.22. The van der Waals surface area contributed by atoms with Crippen molar-refractivity contribution in [3.63, 3.8) is 0 Å². The van der Waals surface area contributed by atoms with Gasteiger partial charge in [-0.3, -0.25) is 19.5 Å². The number of rotatable bonds is 7. The first-order valence-electron chi connectivity index (χ1n) is 11.3. The summed E-state index contributed by atoms with van der Waals surface area (Å²) in [5.41, 5.74) is 1.98. The summed E-state index contributed by atoms with van der Waals surface area (Å²) < 4.78 is 25.1. The van der Waals surface area contributed by atoms with Gasteiger partial charge in [0.25, 0.3) is 0 Å². The molecule has 8 nitrogen and oxygen atoms in total. The Morgan fingerprint density at radius 2 is 1.89 bits per heavy atom. The van der Waals surface area contributed by atoms with Crippen molar-refractivity contribution >= 4 is 44.2 Å². The van der Waals surface area contributed by atoms with Gasteiger partial charge in [0.2, 0.25) is 11.8 Å². The molecule has 0 bridgehead atoms. The number of halogens is 1. The molecule has 5 rings (SSSR count). The highest BCUT2D eigenvalue weighted by Gasteiger charge is 2.38. The molecule has 1 unspecified atom stereocenters. The number of benzene rings is 2. The van der Waals surface area contributed by atoms with E-state index in [4.69, 9.17) is 14.5 Å². The van der Waals surface area contributed by atoms with Crippen LogP contribution in [0, 0.1) is 11.7 Å². The lowest BCUT2D eigenvalue weighted by Crippen LogP contribution is -2.37. The summed E-state index contributed by atoms with van der Waals surface area (Å²) in [7, 11) is 3.14. The number of aromatic nitrogens is 2. The Balaban J connectivity index is 1.51. The molecular weight excluding hydrogens is 483 g/mol. The van der Waals surface area contributed by atoms with Crippen LogP contribution >= 0.6 is 11.3 Å². The molecule has 3 heterocycles. The summed E-state index contributed by atoms with van der Waals surface area (Å²) in [5, 5.41) is 0.467. The van der Waals surface area contributed by atoms with Crippen molar-refractivity contribution < 1.29 is 23.5 Å². The molecule has 0 radical (unpaired) electrons. The van der Waals surface area contributed by atoms with Crippen LogP contribution in [-0.4, -0.2) is 42.5 Å². The van der Waals surface area contributed by atoms with Crippen molar-refractivity contribution in [3.8, 4) is 11.5 Å². The van der Waals surface area contributed by atoms with Gasteiger partial charge in [-0.25, -0.2) is 9.37 Å². The Kier molecular flexibility index (Phi) is 6.51. The molecule has 184 valence electrons. The quantitative estimate of drug-likeness (QED) is 0.369. The molecule has 2 amide bonds. The minimum atomic E-state index is -0.588. The third-order valence-corrected chi connectivity index (χ3v) is 7.16. The zero-order valence-corrected chi connectivity index (χ0v) is 20.5. The van der Waals surface area contributed by atoms with Gasteiger partial charge in [-0.15, -0.1) is 0 Å². The van der Waals surface area contributed by atoms with Gasteiger partial charge < -0.3 is 14.4 Å². The number of pyridine rings is 1. The maximum Gasteiger partial charge on any atom is 0.234 e. The maximum atomic E-state index is 13.9. The van der Waals surface area contributed by atoms with Crippen molar-refractivity contribution in [3.05, 3.63) is 72.3 Å². The molecule has 10 heteroatoms. The van der Waals surface area contributed by atoms with Crippen LogP contribution in [0.2, 0.25) is 0 Å².